The number of nitrogens with zero attached hydrogens (tertiary/aromatic N) is 2. The van der Waals surface area contributed by atoms with Crippen LogP contribution >= 0.6 is 28.6 Å². The molecule has 0 bridgehead atoms. The van der Waals surface area contributed by atoms with Crippen molar-refractivity contribution < 1.29 is 0 Å². The maximum atomic E-state index is 4.32. The summed E-state index contributed by atoms with van der Waals surface area (Å²) < 4.78 is 3.06. The van der Waals surface area contributed by atoms with Gasteiger partial charge in [0.25, 0.3) is 0 Å². The monoisotopic (exact) mass is 234 g/mol. The van der Waals surface area contributed by atoms with Crippen LogP contribution in [0, 0.1) is 6.92 Å². The van der Waals surface area contributed by atoms with Crippen LogP contribution in [0.1, 0.15) is 18.3 Å². The minimum Gasteiger partial charge on any atom is -0.268 e. The summed E-state index contributed by atoms with van der Waals surface area (Å²) in [6.45, 7) is 4.97. The van der Waals surface area contributed by atoms with E-state index in [0.717, 1.165) is 28.2 Å². The van der Waals surface area contributed by atoms with Crippen molar-refractivity contribution in [3.05, 3.63) is 15.9 Å². The van der Waals surface area contributed by atoms with Gasteiger partial charge in [-0.2, -0.15) is 17.7 Å². The fraction of sp³-hybridized carbons (Fsp3) is 0.571. The minimum atomic E-state index is 0.731. The van der Waals surface area contributed by atoms with Crippen LogP contribution in [0.2, 0.25) is 0 Å². The van der Waals surface area contributed by atoms with Gasteiger partial charge >= 0.3 is 0 Å². The SMILES string of the molecule is CCn1nc(C)c(Br)c1CS. The summed E-state index contributed by atoms with van der Waals surface area (Å²) >= 11 is 7.70. The highest BCUT2D eigenvalue weighted by Crippen LogP contribution is 2.21. The molecule has 0 amide bonds. The smallest absolute Gasteiger partial charge is 0.0739 e. The van der Waals surface area contributed by atoms with Crippen LogP contribution in [0.3, 0.4) is 0 Å². The number of thiol groups is 1. The number of aryl methyl sites for hydroxylation is 2. The third-order valence-corrected chi connectivity index (χ3v) is 2.93. The van der Waals surface area contributed by atoms with Crippen LogP contribution in [0.15, 0.2) is 4.47 Å². The zero-order valence-corrected chi connectivity index (χ0v) is 9.11. The standard InChI is InChI=1S/C7H11BrN2S/c1-3-10-6(4-11)7(8)5(2)9-10/h11H,3-4H2,1-2H3. The van der Waals surface area contributed by atoms with E-state index in [2.05, 4.69) is 40.6 Å². The summed E-state index contributed by atoms with van der Waals surface area (Å²) in [4.78, 5) is 0. The molecule has 0 N–H and O–H groups in total. The topological polar surface area (TPSA) is 17.8 Å². The lowest BCUT2D eigenvalue weighted by atomic mass is 10.4. The molecule has 0 unspecified atom stereocenters. The molecule has 0 spiro atoms. The Labute approximate surface area is 80.5 Å². The molecule has 2 nitrogen and oxygen atoms in total. The molecule has 0 aliphatic carbocycles. The van der Waals surface area contributed by atoms with Crippen molar-refractivity contribution in [3.8, 4) is 0 Å². The van der Waals surface area contributed by atoms with Gasteiger partial charge in [0.05, 0.1) is 15.9 Å². The molecule has 0 atom stereocenters. The normalized spacial score (nSPS) is 10.5. The van der Waals surface area contributed by atoms with Gasteiger partial charge in [0.2, 0.25) is 0 Å². The highest BCUT2D eigenvalue weighted by atomic mass is 79.9. The zero-order chi connectivity index (χ0) is 8.43. The molecule has 1 aromatic rings. The zero-order valence-electron chi connectivity index (χ0n) is 6.63. The van der Waals surface area contributed by atoms with E-state index in [1.54, 1.807) is 0 Å². The predicted octanol–water partition coefficient (Wildman–Crippen LogP) is 2.40. The molecule has 0 fully saturated rings. The fourth-order valence-corrected chi connectivity index (χ4v) is 1.98. The van der Waals surface area contributed by atoms with Gasteiger partial charge in [-0.3, -0.25) is 4.68 Å². The molecular formula is C7H11BrN2S. The first kappa shape index (κ1) is 9.13. The molecular weight excluding hydrogens is 224 g/mol. The van der Waals surface area contributed by atoms with E-state index >= 15 is 0 Å². The van der Waals surface area contributed by atoms with E-state index in [0.29, 0.717) is 0 Å². The largest absolute Gasteiger partial charge is 0.268 e. The number of hydrogen-bond acceptors (Lipinski definition) is 2. The van der Waals surface area contributed by atoms with Gasteiger partial charge in [-0.15, -0.1) is 0 Å². The minimum absolute atomic E-state index is 0.731. The Morgan fingerprint density at radius 1 is 1.64 bits per heavy atom. The van der Waals surface area contributed by atoms with Crippen LogP contribution in [0.4, 0.5) is 0 Å². The highest BCUT2D eigenvalue weighted by Gasteiger charge is 2.09. The summed E-state index contributed by atoms with van der Waals surface area (Å²) in [5.41, 5.74) is 2.20. The maximum Gasteiger partial charge on any atom is 0.0739 e. The molecule has 0 aliphatic heterocycles. The van der Waals surface area contributed by atoms with Crippen molar-refractivity contribution in [3.63, 3.8) is 0 Å². The predicted molar refractivity (Wildman–Crippen MR) is 53.0 cm³/mol. The second-order valence-electron chi connectivity index (χ2n) is 2.32. The number of halogens is 1. The molecule has 0 radical (unpaired) electrons. The number of rotatable bonds is 2. The molecule has 1 rings (SSSR count). The maximum absolute atomic E-state index is 4.32. The van der Waals surface area contributed by atoms with E-state index in [1.807, 2.05) is 11.6 Å². The summed E-state index contributed by atoms with van der Waals surface area (Å²) in [6.07, 6.45) is 0. The van der Waals surface area contributed by atoms with Crippen molar-refractivity contribution in [1.29, 1.82) is 0 Å². The molecule has 11 heavy (non-hydrogen) atoms. The average molecular weight is 235 g/mol. The summed E-state index contributed by atoms with van der Waals surface area (Å²) in [5, 5.41) is 4.32. The van der Waals surface area contributed by atoms with Gasteiger partial charge in [0, 0.05) is 12.3 Å². The molecule has 4 heteroatoms. The lowest BCUT2D eigenvalue weighted by Crippen LogP contribution is -2.00. The second kappa shape index (κ2) is 3.63. The lowest BCUT2D eigenvalue weighted by Gasteiger charge is -1.99. The lowest BCUT2D eigenvalue weighted by molar-refractivity contribution is 0.632. The molecule has 1 aromatic heterocycles. The number of aromatic nitrogens is 2. The van der Waals surface area contributed by atoms with Gasteiger partial charge in [0.15, 0.2) is 0 Å². The molecule has 0 aliphatic rings. The Morgan fingerprint density at radius 3 is 2.64 bits per heavy atom. The van der Waals surface area contributed by atoms with Crippen LogP contribution in [0.5, 0.6) is 0 Å². The van der Waals surface area contributed by atoms with Crippen LogP contribution < -0.4 is 0 Å². The molecule has 0 saturated carbocycles. The number of hydrogen-bond donors (Lipinski definition) is 1. The second-order valence-corrected chi connectivity index (χ2v) is 3.43. The van der Waals surface area contributed by atoms with Crippen molar-refractivity contribution >= 4 is 28.6 Å². The van der Waals surface area contributed by atoms with Gasteiger partial charge in [-0.1, -0.05) is 0 Å². The highest BCUT2D eigenvalue weighted by molar-refractivity contribution is 9.10. The van der Waals surface area contributed by atoms with Gasteiger partial charge in [-0.05, 0) is 29.8 Å². The Hall–Kier alpha value is 0.0400. The first-order chi connectivity index (χ1) is 5.20. The Morgan fingerprint density at radius 2 is 2.27 bits per heavy atom. The fourth-order valence-electron chi connectivity index (χ4n) is 1.02. The van der Waals surface area contributed by atoms with Gasteiger partial charge in [-0.25, -0.2) is 0 Å². The summed E-state index contributed by atoms with van der Waals surface area (Å²) in [6, 6.07) is 0. The first-order valence-corrected chi connectivity index (χ1v) is 4.95. The third kappa shape index (κ3) is 1.62. The van der Waals surface area contributed by atoms with Crippen molar-refractivity contribution in [2.24, 2.45) is 0 Å². The molecule has 0 aromatic carbocycles. The molecule has 1 heterocycles. The van der Waals surface area contributed by atoms with E-state index < -0.39 is 0 Å². The van der Waals surface area contributed by atoms with Crippen molar-refractivity contribution in [2.75, 3.05) is 0 Å². The Kier molecular flexibility index (Phi) is 3.01. The third-order valence-electron chi connectivity index (χ3n) is 1.60. The van der Waals surface area contributed by atoms with Crippen LogP contribution in [0.25, 0.3) is 0 Å². The van der Waals surface area contributed by atoms with E-state index in [1.165, 1.54) is 0 Å². The first-order valence-electron chi connectivity index (χ1n) is 3.53. The van der Waals surface area contributed by atoms with Gasteiger partial charge in [0.1, 0.15) is 0 Å². The quantitative estimate of drug-likeness (QED) is 0.779. The van der Waals surface area contributed by atoms with Gasteiger partial charge < -0.3 is 0 Å². The van der Waals surface area contributed by atoms with E-state index in [4.69, 9.17) is 0 Å². The summed E-state index contributed by atoms with van der Waals surface area (Å²) in [7, 11) is 0. The van der Waals surface area contributed by atoms with Crippen molar-refractivity contribution in [2.45, 2.75) is 26.1 Å². The van der Waals surface area contributed by atoms with Crippen LogP contribution in [-0.4, -0.2) is 9.78 Å². The summed E-state index contributed by atoms with van der Waals surface area (Å²) in [5.74, 6) is 0.731. The molecule has 62 valence electrons. The molecule has 0 saturated heterocycles. The van der Waals surface area contributed by atoms with E-state index in [-0.39, 0.29) is 0 Å². The van der Waals surface area contributed by atoms with Crippen molar-refractivity contribution in [1.82, 2.24) is 9.78 Å². The van der Waals surface area contributed by atoms with Crippen LogP contribution in [-0.2, 0) is 12.3 Å². The average Bonchev–Trinajstić information content (AvgIpc) is 2.28. The van der Waals surface area contributed by atoms with E-state index in [9.17, 15) is 0 Å². The Bertz CT molecular complexity index is 257. The Balaban J connectivity index is 3.15.